The lowest BCUT2D eigenvalue weighted by molar-refractivity contribution is -0.112. The van der Waals surface area contributed by atoms with Gasteiger partial charge in [0, 0.05) is 21.6 Å². The molecule has 2 aliphatic carbocycles. The maximum absolute atomic E-state index is 14.1. The van der Waals surface area contributed by atoms with Crippen molar-refractivity contribution < 1.29 is 28.7 Å². The highest BCUT2D eigenvalue weighted by Gasteiger charge is 2.37. The molecule has 4 aromatic carbocycles. The summed E-state index contributed by atoms with van der Waals surface area (Å²) in [5.74, 6) is -2.87. The van der Waals surface area contributed by atoms with Gasteiger partial charge in [-0.05, 0) is 61.5 Å². The van der Waals surface area contributed by atoms with Gasteiger partial charge in [0.25, 0.3) is 0 Å². The maximum Gasteiger partial charge on any atom is 0.343 e. The van der Waals surface area contributed by atoms with Gasteiger partial charge in [-0.2, -0.15) is 0 Å². The number of ether oxygens (including phenoxy) is 2. The number of fused-ring (bicyclic) bond motifs is 3. The highest BCUT2D eigenvalue weighted by Crippen LogP contribution is 2.27. The molecule has 0 radical (unpaired) electrons. The lowest BCUT2D eigenvalue weighted by Gasteiger charge is -2.22. The van der Waals surface area contributed by atoms with Crippen molar-refractivity contribution in [1.29, 1.82) is 0 Å². The molecule has 0 bridgehead atoms. The second-order valence-electron chi connectivity index (χ2n) is 10.2. The molecular formula is C35H24O6. The Morgan fingerprint density at radius 1 is 0.488 bits per heavy atom. The van der Waals surface area contributed by atoms with Crippen LogP contribution >= 0.6 is 0 Å². The van der Waals surface area contributed by atoms with Gasteiger partial charge in [0.15, 0.2) is 11.5 Å². The van der Waals surface area contributed by atoms with Crippen molar-refractivity contribution >= 4 is 46.2 Å². The van der Waals surface area contributed by atoms with Crippen LogP contribution in [0.5, 0.6) is 0 Å². The molecule has 0 N–H and O–H groups in total. The number of esters is 2. The Balaban J connectivity index is 1.57. The smallest absolute Gasteiger partial charge is 0.343 e. The minimum atomic E-state index is -0.683. The largest absolute Gasteiger partial charge is 0.418 e. The summed E-state index contributed by atoms with van der Waals surface area (Å²) >= 11 is 0. The van der Waals surface area contributed by atoms with E-state index < -0.39 is 23.5 Å². The first-order chi connectivity index (χ1) is 19.7. The Morgan fingerprint density at radius 2 is 0.902 bits per heavy atom. The quantitative estimate of drug-likeness (QED) is 0.370. The summed E-state index contributed by atoms with van der Waals surface area (Å²) in [5.41, 5.74) is 3.56. The van der Waals surface area contributed by atoms with E-state index in [0.717, 1.165) is 16.7 Å². The number of carbonyl (C=O) groups excluding carboxylic acids is 4. The molecule has 6 nitrogen and oxygen atoms in total. The van der Waals surface area contributed by atoms with E-state index in [1.54, 1.807) is 84.9 Å². The summed E-state index contributed by atoms with van der Waals surface area (Å²) in [6.07, 6.45) is 0. The SMILES string of the molecule is Cc1ccc(C(=O)OC2=c3ccccc3=C3C(=O)C(OC(=O)c4ccc(C)cc4)=c4cc(C)ccc4=C3C2=O)cc1. The lowest BCUT2D eigenvalue weighted by Crippen LogP contribution is -2.47. The Kier molecular flexibility index (Phi) is 6.31. The van der Waals surface area contributed by atoms with Crippen LogP contribution in [-0.2, 0) is 19.1 Å². The molecule has 4 aromatic rings. The fraction of sp³-hybridized carbons (Fsp3) is 0.0857. The van der Waals surface area contributed by atoms with E-state index in [2.05, 4.69) is 0 Å². The van der Waals surface area contributed by atoms with Crippen molar-refractivity contribution in [3.63, 3.8) is 0 Å². The number of ketones is 2. The van der Waals surface area contributed by atoms with Crippen LogP contribution in [0.3, 0.4) is 0 Å². The number of hydrogen-bond donors (Lipinski definition) is 0. The van der Waals surface area contributed by atoms with Crippen molar-refractivity contribution in [2.24, 2.45) is 0 Å². The van der Waals surface area contributed by atoms with Crippen LogP contribution in [0, 0.1) is 20.8 Å². The summed E-state index contributed by atoms with van der Waals surface area (Å²) in [4.78, 5) is 54.4. The van der Waals surface area contributed by atoms with Crippen LogP contribution in [-0.4, -0.2) is 23.5 Å². The summed E-state index contributed by atoms with van der Waals surface area (Å²) in [6.45, 7) is 5.65. The fourth-order valence-electron chi connectivity index (χ4n) is 5.06. The number of hydrogen-bond acceptors (Lipinski definition) is 6. The molecule has 41 heavy (non-hydrogen) atoms. The van der Waals surface area contributed by atoms with Crippen LogP contribution in [0.25, 0.3) is 22.7 Å². The summed E-state index contributed by atoms with van der Waals surface area (Å²) < 4.78 is 11.5. The highest BCUT2D eigenvalue weighted by molar-refractivity contribution is 6.58. The molecule has 0 heterocycles. The zero-order valence-electron chi connectivity index (χ0n) is 22.6. The summed E-state index contributed by atoms with van der Waals surface area (Å²) in [7, 11) is 0. The van der Waals surface area contributed by atoms with E-state index in [4.69, 9.17) is 9.47 Å². The molecule has 0 saturated heterocycles. The van der Waals surface area contributed by atoms with E-state index in [9.17, 15) is 19.2 Å². The predicted molar refractivity (Wildman–Crippen MR) is 153 cm³/mol. The van der Waals surface area contributed by atoms with Crippen molar-refractivity contribution in [3.8, 4) is 0 Å². The predicted octanol–water partition coefficient (Wildman–Crippen LogP) is 2.71. The van der Waals surface area contributed by atoms with Crippen LogP contribution in [0.1, 0.15) is 37.4 Å². The van der Waals surface area contributed by atoms with E-state index in [1.165, 1.54) is 0 Å². The molecule has 0 amide bonds. The number of rotatable bonds is 4. The van der Waals surface area contributed by atoms with E-state index in [-0.39, 0.29) is 22.7 Å². The van der Waals surface area contributed by atoms with Crippen molar-refractivity contribution in [3.05, 3.63) is 140 Å². The molecule has 0 unspecified atom stereocenters. The van der Waals surface area contributed by atoms with E-state index in [1.807, 2.05) is 26.8 Å². The topological polar surface area (TPSA) is 86.7 Å². The third kappa shape index (κ3) is 4.49. The molecule has 200 valence electrons. The molecule has 0 atom stereocenters. The zero-order chi connectivity index (χ0) is 28.8. The maximum atomic E-state index is 14.1. The minimum absolute atomic E-state index is 0.101. The Hall–Kier alpha value is -5.36. The van der Waals surface area contributed by atoms with Crippen molar-refractivity contribution in [2.45, 2.75) is 20.8 Å². The normalized spacial score (nSPS) is 13.8. The molecule has 0 fully saturated rings. The van der Waals surface area contributed by atoms with Crippen LogP contribution in [0.15, 0.2) is 91.0 Å². The monoisotopic (exact) mass is 540 g/mol. The van der Waals surface area contributed by atoms with Gasteiger partial charge in [0.05, 0.1) is 11.1 Å². The highest BCUT2D eigenvalue weighted by atomic mass is 16.5. The number of carbonyl (C=O) groups is 4. The van der Waals surface area contributed by atoms with Crippen molar-refractivity contribution in [2.75, 3.05) is 0 Å². The zero-order valence-corrected chi connectivity index (χ0v) is 22.6. The molecule has 2 aliphatic rings. The lowest BCUT2D eigenvalue weighted by atomic mass is 9.83. The van der Waals surface area contributed by atoms with E-state index in [0.29, 0.717) is 32.0 Å². The van der Waals surface area contributed by atoms with Gasteiger partial charge in [-0.1, -0.05) is 77.4 Å². The first-order valence-electron chi connectivity index (χ1n) is 13.1. The van der Waals surface area contributed by atoms with Crippen LogP contribution in [0.4, 0.5) is 0 Å². The fourth-order valence-corrected chi connectivity index (χ4v) is 5.06. The minimum Gasteiger partial charge on any atom is -0.418 e. The molecule has 0 saturated carbocycles. The van der Waals surface area contributed by atoms with Gasteiger partial charge in [-0.25, -0.2) is 9.59 Å². The molecule has 6 rings (SSSR count). The molecule has 0 aliphatic heterocycles. The average Bonchev–Trinajstić information content (AvgIpc) is 2.97. The average molecular weight is 541 g/mol. The van der Waals surface area contributed by atoms with Crippen molar-refractivity contribution in [1.82, 2.24) is 0 Å². The second kappa shape index (κ2) is 9.99. The van der Waals surface area contributed by atoms with Gasteiger partial charge in [0.1, 0.15) is 0 Å². The van der Waals surface area contributed by atoms with Gasteiger partial charge in [0.2, 0.25) is 11.6 Å². The second-order valence-corrected chi connectivity index (χ2v) is 10.2. The molecule has 0 spiro atoms. The Bertz CT molecular complexity index is 2060. The Morgan fingerprint density at radius 3 is 1.41 bits per heavy atom. The summed E-state index contributed by atoms with van der Waals surface area (Å²) in [6, 6.07) is 25.7. The van der Waals surface area contributed by atoms with Gasteiger partial charge in [-0.3, -0.25) is 9.59 Å². The number of benzene rings is 4. The van der Waals surface area contributed by atoms with E-state index >= 15 is 0 Å². The molecule has 0 aromatic heterocycles. The third-order valence-corrected chi connectivity index (χ3v) is 7.21. The van der Waals surface area contributed by atoms with Crippen LogP contribution in [0.2, 0.25) is 0 Å². The van der Waals surface area contributed by atoms with Gasteiger partial charge in [-0.15, -0.1) is 0 Å². The van der Waals surface area contributed by atoms with Gasteiger partial charge >= 0.3 is 11.9 Å². The third-order valence-electron chi connectivity index (χ3n) is 7.21. The molecule has 6 heteroatoms. The first kappa shape index (κ1) is 25.9. The molecular weight excluding hydrogens is 516 g/mol. The first-order valence-corrected chi connectivity index (χ1v) is 13.1. The van der Waals surface area contributed by atoms with Gasteiger partial charge < -0.3 is 9.47 Å². The number of Topliss-reactive ketones (excluding diaryl/α,β-unsaturated/α-hetero) is 2. The summed E-state index contributed by atoms with van der Waals surface area (Å²) in [5, 5.41) is 1.46. The van der Waals surface area contributed by atoms with Crippen LogP contribution < -0.4 is 20.9 Å². The number of aryl methyl sites for hydroxylation is 3. The standard InChI is InChI=1S/C35H24O6/c1-19-8-13-22(14-9-19)34(38)40-32-26-7-5-4-6-24(26)28-29(30(32)36)25-17-12-21(3)18-27(25)33(31(28)37)41-35(39)23-15-10-20(2)11-16-23/h4-18H,1-3H3. The Labute approximate surface area is 235 Å².